The van der Waals surface area contributed by atoms with E-state index in [-0.39, 0.29) is 6.42 Å². The second-order valence-electron chi connectivity index (χ2n) is 19.7. The van der Waals surface area contributed by atoms with Gasteiger partial charge in [-0.15, -0.1) is 0 Å². The minimum atomic E-state index is -5.12. The van der Waals surface area contributed by atoms with Gasteiger partial charge in [-0.25, -0.2) is 4.18 Å². The van der Waals surface area contributed by atoms with Crippen LogP contribution in [0.5, 0.6) is 0 Å². The zero-order valence-electron chi connectivity index (χ0n) is 43.0. The topological polar surface area (TPSA) is 212 Å². The van der Waals surface area contributed by atoms with E-state index < -0.39 is 78.5 Å². The van der Waals surface area contributed by atoms with Crippen LogP contribution < -0.4 is 5.32 Å². The summed E-state index contributed by atoms with van der Waals surface area (Å²) in [5, 5.41) is 55.5. The molecular weight excluding hydrogens is 887 g/mol. The monoisotopic (exact) mass is 990 g/mol. The van der Waals surface area contributed by atoms with Gasteiger partial charge in [-0.05, 0) is 32.1 Å². The second kappa shape index (κ2) is 44.3. The summed E-state index contributed by atoms with van der Waals surface area (Å²) in [7, 11) is -5.12. The number of nitrogens with one attached hydrogen (secondary N) is 1. The van der Waals surface area contributed by atoms with Crippen LogP contribution in [-0.2, 0) is 28.9 Å². The fourth-order valence-corrected chi connectivity index (χ4v) is 9.46. The van der Waals surface area contributed by atoms with Gasteiger partial charge in [0.25, 0.3) is 0 Å². The molecule has 1 amide bonds. The van der Waals surface area contributed by atoms with Crippen LogP contribution in [0.1, 0.15) is 251 Å². The highest BCUT2D eigenvalue weighted by atomic mass is 32.3. The van der Waals surface area contributed by atoms with Gasteiger partial charge < -0.3 is 40.3 Å². The van der Waals surface area contributed by atoms with Gasteiger partial charge >= 0.3 is 10.4 Å². The van der Waals surface area contributed by atoms with Gasteiger partial charge in [0.1, 0.15) is 30.5 Å². The molecule has 14 heteroatoms. The van der Waals surface area contributed by atoms with Crippen LogP contribution >= 0.6 is 0 Å². The molecule has 0 saturated carbocycles. The number of ether oxygens (including phenoxy) is 2. The molecule has 0 aliphatic carbocycles. The summed E-state index contributed by atoms with van der Waals surface area (Å²) in [5.74, 6) is -0.707. The lowest BCUT2D eigenvalue weighted by molar-refractivity contribution is -0.298. The van der Waals surface area contributed by atoms with E-state index in [0.717, 1.165) is 38.5 Å². The van der Waals surface area contributed by atoms with Crippen molar-refractivity contribution in [3.8, 4) is 0 Å². The van der Waals surface area contributed by atoms with Crippen LogP contribution in [0.4, 0.5) is 0 Å². The Morgan fingerprint density at radius 2 is 0.985 bits per heavy atom. The normalized spacial score (nSPS) is 20.4. The van der Waals surface area contributed by atoms with Crippen molar-refractivity contribution in [1.82, 2.24) is 5.32 Å². The molecular formula is C54H103NO12S. The maximum Gasteiger partial charge on any atom is 0.397 e. The average molecular weight is 990 g/mol. The quantitative estimate of drug-likeness (QED) is 0.0172. The molecule has 1 rings (SSSR count). The van der Waals surface area contributed by atoms with E-state index in [0.29, 0.717) is 12.8 Å². The van der Waals surface area contributed by atoms with Gasteiger partial charge in [0.15, 0.2) is 6.29 Å². The molecule has 0 bridgehead atoms. The van der Waals surface area contributed by atoms with E-state index in [2.05, 4.69) is 35.5 Å². The third kappa shape index (κ3) is 35.6. The zero-order valence-corrected chi connectivity index (χ0v) is 43.9. The average Bonchev–Trinajstić information content (AvgIpc) is 3.31. The van der Waals surface area contributed by atoms with Gasteiger partial charge in [-0.3, -0.25) is 9.35 Å². The number of carbonyl (C=O) groups is 1. The highest BCUT2D eigenvalue weighted by molar-refractivity contribution is 7.80. The van der Waals surface area contributed by atoms with Gasteiger partial charge in [0.05, 0.1) is 25.4 Å². The summed E-state index contributed by atoms with van der Waals surface area (Å²) in [6, 6.07) is -1.13. The molecule has 1 heterocycles. The number of aliphatic hydroxyl groups is 5. The Kier molecular flexibility index (Phi) is 42.0. The van der Waals surface area contributed by atoms with Crippen LogP contribution in [0, 0.1) is 0 Å². The number of allylic oxidation sites excluding steroid dienone is 3. The second-order valence-corrected chi connectivity index (χ2v) is 20.7. The standard InChI is InChI=1S/C54H103NO12S/c1-3-5-7-9-11-13-15-17-19-21-23-24-25-27-29-31-33-35-37-39-41-43-48(58)53(61)55-46(45-65-54-51(60)52(67-68(62,63)64)50(59)49(44-56)66-54)47(57)42-40-38-36-34-32-30-28-26-22-20-18-16-14-12-10-8-6-4-2/h32,34,40,42,46-52,54,56-60H,3-31,33,35-39,41,43-45H2,1-2H3,(H,55,61)(H,62,63,64)/b34-32+,42-40+. The molecule has 13 nitrogen and oxygen atoms in total. The van der Waals surface area contributed by atoms with Crippen LogP contribution in [0.25, 0.3) is 0 Å². The first-order chi connectivity index (χ1) is 32.9. The number of amides is 1. The van der Waals surface area contributed by atoms with Crippen molar-refractivity contribution in [3.05, 3.63) is 24.3 Å². The van der Waals surface area contributed by atoms with E-state index in [9.17, 15) is 43.3 Å². The van der Waals surface area contributed by atoms with E-state index in [1.54, 1.807) is 6.08 Å². The number of hydrogen-bond donors (Lipinski definition) is 7. The third-order valence-electron chi connectivity index (χ3n) is 13.3. The van der Waals surface area contributed by atoms with Crippen molar-refractivity contribution in [2.24, 2.45) is 0 Å². The molecule has 0 aromatic rings. The molecule has 8 unspecified atom stereocenters. The number of carbonyl (C=O) groups excluding carboxylic acids is 1. The summed E-state index contributed by atoms with van der Waals surface area (Å²) < 4.78 is 47.7. The van der Waals surface area contributed by atoms with Crippen molar-refractivity contribution >= 4 is 16.3 Å². The fraction of sp³-hybridized carbons (Fsp3) is 0.907. The predicted octanol–water partition coefficient (Wildman–Crippen LogP) is 11.4. The van der Waals surface area contributed by atoms with E-state index in [4.69, 9.17) is 9.47 Å². The smallest absolute Gasteiger partial charge is 0.394 e. The van der Waals surface area contributed by atoms with Crippen molar-refractivity contribution in [1.29, 1.82) is 0 Å². The number of rotatable bonds is 48. The lowest BCUT2D eigenvalue weighted by Gasteiger charge is -2.41. The molecule has 402 valence electrons. The zero-order chi connectivity index (χ0) is 49.9. The van der Waals surface area contributed by atoms with Crippen LogP contribution in [0.15, 0.2) is 24.3 Å². The van der Waals surface area contributed by atoms with Gasteiger partial charge in [-0.1, -0.05) is 244 Å². The molecule has 0 aromatic heterocycles. The Hall–Kier alpha value is -1.46. The molecule has 68 heavy (non-hydrogen) atoms. The summed E-state index contributed by atoms with van der Waals surface area (Å²) in [5.41, 5.74) is 0. The minimum Gasteiger partial charge on any atom is -0.394 e. The largest absolute Gasteiger partial charge is 0.397 e. The van der Waals surface area contributed by atoms with Crippen LogP contribution in [0.3, 0.4) is 0 Å². The Morgan fingerprint density at radius 3 is 1.41 bits per heavy atom. The first-order valence-electron chi connectivity index (χ1n) is 27.8. The Balaban J connectivity index is 2.47. The lowest BCUT2D eigenvalue weighted by Crippen LogP contribution is -2.61. The molecule has 1 saturated heterocycles. The Morgan fingerprint density at radius 1 is 0.588 bits per heavy atom. The molecule has 8 atom stereocenters. The highest BCUT2D eigenvalue weighted by Gasteiger charge is 2.48. The van der Waals surface area contributed by atoms with Crippen LogP contribution in [-0.4, -0.2) is 107 Å². The first-order valence-corrected chi connectivity index (χ1v) is 29.2. The summed E-state index contributed by atoms with van der Waals surface area (Å²) in [4.78, 5) is 13.2. The summed E-state index contributed by atoms with van der Waals surface area (Å²) >= 11 is 0. The van der Waals surface area contributed by atoms with Gasteiger partial charge in [0, 0.05) is 0 Å². The Bertz CT molecular complexity index is 1320. The molecule has 0 radical (unpaired) electrons. The summed E-state index contributed by atoms with van der Waals surface area (Å²) in [6.07, 6.45) is 41.2. The Labute approximate surface area is 415 Å². The maximum absolute atomic E-state index is 13.2. The summed E-state index contributed by atoms with van der Waals surface area (Å²) in [6.45, 7) is 3.24. The lowest BCUT2D eigenvalue weighted by atomic mass is 9.99. The maximum atomic E-state index is 13.2. The SMILES string of the molecule is CCCCCCCCCCCCCC/C=C/CC/C=C/C(O)C(COC1OC(CO)C(O)C(OS(=O)(=O)O)C1O)NC(=O)C(O)CCCCCCCCCCCCCCCCCCCCCCC. The van der Waals surface area contributed by atoms with E-state index in [1.165, 1.54) is 186 Å². The number of aliphatic hydroxyl groups excluding tert-OH is 5. The van der Waals surface area contributed by atoms with Gasteiger partial charge in [0.2, 0.25) is 5.91 Å². The highest BCUT2D eigenvalue weighted by Crippen LogP contribution is 2.26. The molecule has 7 N–H and O–H groups in total. The number of hydrogen-bond acceptors (Lipinski definition) is 11. The third-order valence-corrected chi connectivity index (χ3v) is 13.8. The predicted molar refractivity (Wildman–Crippen MR) is 275 cm³/mol. The molecule has 0 spiro atoms. The number of unbranched alkanes of at least 4 members (excludes halogenated alkanes) is 33. The van der Waals surface area contributed by atoms with Crippen molar-refractivity contribution in [3.63, 3.8) is 0 Å². The van der Waals surface area contributed by atoms with E-state index >= 15 is 0 Å². The van der Waals surface area contributed by atoms with E-state index in [1.807, 2.05) is 0 Å². The molecule has 1 aliphatic rings. The van der Waals surface area contributed by atoms with Crippen molar-refractivity contribution < 1.29 is 57.0 Å². The fourth-order valence-electron chi connectivity index (χ4n) is 8.95. The minimum absolute atomic E-state index is 0.241. The van der Waals surface area contributed by atoms with Crippen LogP contribution in [0.2, 0.25) is 0 Å². The van der Waals surface area contributed by atoms with Crippen molar-refractivity contribution in [2.45, 2.75) is 300 Å². The first kappa shape index (κ1) is 64.6. The molecule has 0 aromatic carbocycles. The molecule has 1 aliphatic heterocycles. The van der Waals surface area contributed by atoms with Crippen molar-refractivity contribution in [2.75, 3.05) is 13.2 Å². The van der Waals surface area contributed by atoms with Gasteiger partial charge in [-0.2, -0.15) is 8.42 Å². The molecule has 1 fully saturated rings.